The van der Waals surface area contributed by atoms with Crippen molar-refractivity contribution in [3.05, 3.63) is 59.2 Å². The molecule has 0 aliphatic carbocycles. The number of fused-ring (bicyclic) bond motifs is 1. The van der Waals surface area contributed by atoms with E-state index in [9.17, 15) is 14.4 Å². The number of unbranched alkanes of at least 4 members (excludes halogenated alkanes) is 1. The third-order valence-electron chi connectivity index (χ3n) is 4.46. The molecule has 29 heavy (non-hydrogen) atoms. The number of carbonyl (C=O) groups is 3. The Morgan fingerprint density at radius 3 is 2.45 bits per heavy atom. The number of amides is 3. The zero-order valence-corrected chi connectivity index (χ0v) is 17.0. The summed E-state index contributed by atoms with van der Waals surface area (Å²) < 4.78 is 5.58. The van der Waals surface area contributed by atoms with Crippen molar-refractivity contribution in [3.8, 4) is 5.75 Å². The van der Waals surface area contributed by atoms with Gasteiger partial charge in [-0.2, -0.15) is 0 Å². The summed E-state index contributed by atoms with van der Waals surface area (Å²) in [5.74, 6) is -0.368. The maximum atomic E-state index is 12.4. The molecule has 0 radical (unpaired) electrons. The monoisotopic (exact) mass is 411 g/mol. The molecule has 2 N–H and O–H groups in total. The van der Waals surface area contributed by atoms with Crippen LogP contribution in [0.1, 0.15) is 50.8 Å². The lowest BCUT2D eigenvalue weighted by atomic mass is 10.1. The van der Waals surface area contributed by atoms with Crippen LogP contribution in [0.2, 0.25) is 0 Å². The molecular formula is C21H21N3O4S. The number of hydrogen-bond donors (Lipinski definition) is 2. The molecule has 0 saturated heterocycles. The molecule has 1 aliphatic heterocycles. The molecule has 1 heterocycles. The second-order valence-corrected chi connectivity index (χ2v) is 6.97. The van der Waals surface area contributed by atoms with Crippen molar-refractivity contribution in [2.24, 2.45) is 0 Å². The van der Waals surface area contributed by atoms with Gasteiger partial charge in [0.15, 0.2) is 5.11 Å². The molecule has 2 aromatic carbocycles. The largest absolute Gasteiger partial charge is 0.494 e. The maximum absolute atomic E-state index is 12.4. The smallest absolute Gasteiger partial charge is 0.261 e. The van der Waals surface area contributed by atoms with Gasteiger partial charge in [0.1, 0.15) is 5.75 Å². The van der Waals surface area contributed by atoms with Crippen LogP contribution in [0.15, 0.2) is 42.5 Å². The van der Waals surface area contributed by atoms with Gasteiger partial charge in [-0.3, -0.25) is 24.6 Å². The number of rotatable bonds is 6. The molecule has 0 aromatic heterocycles. The molecule has 1 aliphatic rings. The van der Waals surface area contributed by atoms with Crippen LogP contribution in [0.4, 0.5) is 5.69 Å². The average Bonchev–Trinajstić information content (AvgIpc) is 2.92. The summed E-state index contributed by atoms with van der Waals surface area (Å²) in [5.41, 5.74) is 1.59. The molecule has 2 aromatic rings. The van der Waals surface area contributed by atoms with E-state index < -0.39 is 0 Å². The van der Waals surface area contributed by atoms with Crippen molar-refractivity contribution in [3.63, 3.8) is 0 Å². The number of hydrogen-bond acceptors (Lipinski definition) is 5. The minimum atomic E-state index is -0.371. The predicted octanol–water partition coefficient (Wildman–Crippen LogP) is 3.22. The van der Waals surface area contributed by atoms with Gasteiger partial charge < -0.3 is 10.1 Å². The standard InChI is InChI=1S/C21H21N3O4S/c1-3-4-11-28-15-8-5-13(6-9-15)18(25)23-21(29)22-14-7-10-16-17(12-14)20(27)24(2)19(16)26/h5-10,12H,3-4,11H2,1-2H3,(H2,22,23,25,29). The van der Waals surface area contributed by atoms with E-state index in [4.69, 9.17) is 17.0 Å². The van der Waals surface area contributed by atoms with Gasteiger partial charge in [-0.15, -0.1) is 0 Å². The lowest BCUT2D eigenvalue weighted by Crippen LogP contribution is -2.34. The Labute approximate surface area is 174 Å². The highest BCUT2D eigenvalue weighted by Crippen LogP contribution is 2.24. The minimum absolute atomic E-state index is 0.0864. The molecule has 7 nitrogen and oxygen atoms in total. The van der Waals surface area contributed by atoms with Crippen molar-refractivity contribution in [1.82, 2.24) is 10.2 Å². The highest BCUT2D eigenvalue weighted by atomic mass is 32.1. The Kier molecular flexibility index (Phi) is 6.23. The van der Waals surface area contributed by atoms with Crippen molar-refractivity contribution >= 4 is 40.7 Å². The first kappa shape index (κ1) is 20.5. The van der Waals surface area contributed by atoms with Crippen LogP contribution in [0.5, 0.6) is 5.75 Å². The van der Waals surface area contributed by atoms with E-state index in [2.05, 4.69) is 17.6 Å². The second-order valence-electron chi connectivity index (χ2n) is 6.56. The highest BCUT2D eigenvalue weighted by molar-refractivity contribution is 7.80. The van der Waals surface area contributed by atoms with Crippen LogP contribution in [0, 0.1) is 0 Å². The van der Waals surface area contributed by atoms with E-state index in [0.717, 1.165) is 17.7 Å². The fourth-order valence-corrected chi connectivity index (χ4v) is 3.02. The molecule has 3 rings (SSSR count). The summed E-state index contributed by atoms with van der Waals surface area (Å²) in [7, 11) is 1.43. The molecule has 8 heteroatoms. The van der Waals surface area contributed by atoms with Gasteiger partial charge in [0, 0.05) is 18.3 Å². The molecule has 0 atom stereocenters. The zero-order chi connectivity index (χ0) is 21.0. The Balaban J connectivity index is 1.59. The van der Waals surface area contributed by atoms with Gasteiger partial charge in [-0.1, -0.05) is 13.3 Å². The summed E-state index contributed by atoms with van der Waals surface area (Å²) in [6.07, 6.45) is 2.03. The summed E-state index contributed by atoms with van der Waals surface area (Å²) in [4.78, 5) is 37.4. The Bertz CT molecular complexity index is 972. The van der Waals surface area contributed by atoms with Crippen LogP contribution in [0.3, 0.4) is 0 Å². The number of thiocarbonyl (C=S) groups is 1. The van der Waals surface area contributed by atoms with Gasteiger partial charge in [0.05, 0.1) is 17.7 Å². The first-order valence-electron chi connectivity index (χ1n) is 9.22. The molecule has 3 amide bonds. The Morgan fingerprint density at radius 1 is 1.07 bits per heavy atom. The quantitative estimate of drug-likeness (QED) is 0.431. The highest BCUT2D eigenvalue weighted by Gasteiger charge is 2.32. The van der Waals surface area contributed by atoms with E-state index in [1.807, 2.05) is 0 Å². The lowest BCUT2D eigenvalue weighted by molar-refractivity contribution is 0.0692. The molecule has 0 unspecified atom stereocenters. The van der Waals surface area contributed by atoms with Gasteiger partial charge >= 0.3 is 0 Å². The van der Waals surface area contributed by atoms with Crippen LogP contribution in [-0.4, -0.2) is 41.4 Å². The van der Waals surface area contributed by atoms with Crippen LogP contribution in [0.25, 0.3) is 0 Å². The fourth-order valence-electron chi connectivity index (χ4n) is 2.81. The number of carbonyl (C=O) groups excluding carboxylic acids is 3. The van der Waals surface area contributed by atoms with Gasteiger partial charge in [-0.05, 0) is 61.1 Å². The summed E-state index contributed by atoms with van der Waals surface area (Å²) >= 11 is 5.18. The fraction of sp³-hybridized carbons (Fsp3) is 0.238. The molecule has 0 saturated carbocycles. The van der Waals surface area contributed by atoms with Crippen molar-refractivity contribution < 1.29 is 19.1 Å². The molecule has 150 valence electrons. The molecule has 0 fully saturated rings. The average molecular weight is 411 g/mol. The van der Waals surface area contributed by atoms with E-state index in [-0.39, 0.29) is 22.8 Å². The predicted molar refractivity (Wildman–Crippen MR) is 113 cm³/mol. The van der Waals surface area contributed by atoms with Gasteiger partial charge in [0.2, 0.25) is 0 Å². The van der Waals surface area contributed by atoms with Crippen LogP contribution in [-0.2, 0) is 0 Å². The second kappa shape index (κ2) is 8.83. The first-order valence-corrected chi connectivity index (χ1v) is 9.63. The summed E-state index contributed by atoms with van der Waals surface area (Å²) in [5, 5.41) is 5.54. The van der Waals surface area contributed by atoms with Crippen molar-refractivity contribution in [2.75, 3.05) is 19.0 Å². The molecule has 0 spiro atoms. The topological polar surface area (TPSA) is 87.7 Å². The van der Waals surface area contributed by atoms with Crippen LogP contribution >= 0.6 is 12.2 Å². The van der Waals surface area contributed by atoms with E-state index in [0.29, 0.717) is 34.7 Å². The number of benzene rings is 2. The van der Waals surface area contributed by atoms with E-state index in [1.165, 1.54) is 7.05 Å². The van der Waals surface area contributed by atoms with Crippen molar-refractivity contribution in [2.45, 2.75) is 19.8 Å². The van der Waals surface area contributed by atoms with Gasteiger partial charge in [-0.25, -0.2) is 0 Å². The summed E-state index contributed by atoms with van der Waals surface area (Å²) in [6.45, 7) is 2.73. The Hall–Kier alpha value is -3.26. The van der Waals surface area contributed by atoms with Gasteiger partial charge in [0.25, 0.3) is 17.7 Å². The zero-order valence-electron chi connectivity index (χ0n) is 16.2. The maximum Gasteiger partial charge on any atom is 0.261 e. The normalized spacial score (nSPS) is 12.6. The van der Waals surface area contributed by atoms with Crippen LogP contribution < -0.4 is 15.4 Å². The molecule has 0 bridgehead atoms. The van der Waals surface area contributed by atoms with E-state index >= 15 is 0 Å². The van der Waals surface area contributed by atoms with E-state index in [1.54, 1.807) is 42.5 Å². The Morgan fingerprint density at radius 2 is 1.76 bits per heavy atom. The third kappa shape index (κ3) is 4.60. The SMILES string of the molecule is CCCCOc1ccc(C(=O)NC(=S)Nc2ccc3c(c2)C(=O)N(C)C3=O)cc1. The van der Waals surface area contributed by atoms with Crippen molar-refractivity contribution in [1.29, 1.82) is 0 Å². The number of nitrogens with one attached hydrogen (secondary N) is 2. The number of ether oxygens (including phenoxy) is 1. The molecular weight excluding hydrogens is 390 g/mol. The third-order valence-corrected chi connectivity index (χ3v) is 4.66. The summed E-state index contributed by atoms with van der Waals surface area (Å²) in [6, 6.07) is 11.5. The minimum Gasteiger partial charge on any atom is -0.494 e. The first-order chi connectivity index (χ1) is 13.9. The number of nitrogens with zero attached hydrogens (tertiary/aromatic N) is 1. The lowest BCUT2D eigenvalue weighted by Gasteiger charge is -2.11. The number of imide groups is 1. The number of anilines is 1.